The lowest BCUT2D eigenvalue weighted by molar-refractivity contribution is 0.640. The molecule has 2 nitrogen and oxygen atoms in total. The third-order valence-corrected chi connectivity index (χ3v) is 8.23. The van der Waals surface area contributed by atoms with Crippen LogP contribution in [0.2, 0.25) is 0 Å². The molecule has 0 aliphatic carbocycles. The molecular formula is C40H27FN2. The molecule has 0 N–H and O–H groups in total. The van der Waals surface area contributed by atoms with Crippen LogP contribution >= 0.6 is 0 Å². The van der Waals surface area contributed by atoms with Crippen LogP contribution < -0.4 is 9.80 Å². The van der Waals surface area contributed by atoms with Crippen molar-refractivity contribution in [3.8, 4) is 0 Å². The Morgan fingerprint density at radius 3 is 1.26 bits per heavy atom. The molecule has 0 bridgehead atoms. The van der Waals surface area contributed by atoms with E-state index < -0.39 is 0 Å². The fourth-order valence-corrected chi connectivity index (χ4v) is 6.36. The van der Waals surface area contributed by atoms with Crippen LogP contribution in [-0.2, 0) is 0 Å². The van der Waals surface area contributed by atoms with Gasteiger partial charge in [-0.25, -0.2) is 4.39 Å². The third-order valence-electron chi connectivity index (χ3n) is 8.23. The molecule has 0 radical (unpaired) electrons. The molecule has 0 unspecified atom stereocenters. The second-order valence-corrected chi connectivity index (χ2v) is 10.7. The first-order valence-electron chi connectivity index (χ1n) is 14.5. The van der Waals surface area contributed by atoms with E-state index in [1.54, 1.807) is 6.07 Å². The highest BCUT2D eigenvalue weighted by molar-refractivity contribution is 6.28. The zero-order valence-electron chi connectivity index (χ0n) is 23.4. The summed E-state index contributed by atoms with van der Waals surface area (Å²) < 4.78 is 16.2. The van der Waals surface area contributed by atoms with Gasteiger partial charge in [0.1, 0.15) is 5.82 Å². The first-order valence-corrected chi connectivity index (χ1v) is 14.5. The van der Waals surface area contributed by atoms with Crippen LogP contribution in [0, 0.1) is 5.82 Å². The summed E-state index contributed by atoms with van der Waals surface area (Å²) in [5.74, 6) is -0.234. The van der Waals surface area contributed by atoms with Gasteiger partial charge in [0, 0.05) is 44.3 Å². The number of hydrogen-bond donors (Lipinski definition) is 0. The topological polar surface area (TPSA) is 6.48 Å². The normalized spacial score (nSPS) is 11.4. The molecular weight excluding hydrogens is 527 g/mol. The van der Waals surface area contributed by atoms with Crippen molar-refractivity contribution in [2.45, 2.75) is 0 Å². The predicted octanol–water partition coefficient (Wildman–Crippen LogP) is 11.7. The zero-order valence-corrected chi connectivity index (χ0v) is 23.4. The molecule has 204 valence electrons. The minimum atomic E-state index is -0.234. The van der Waals surface area contributed by atoms with Gasteiger partial charge in [-0.15, -0.1) is 0 Å². The monoisotopic (exact) mass is 554 g/mol. The molecule has 0 saturated heterocycles. The summed E-state index contributed by atoms with van der Waals surface area (Å²) >= 11 is 0. The van der Waals surface area contributed by atoms with Gasteiger partial charge in [-0.1, -0.05) is 103 Å². The highest BCUT2D eigenvalue weighted by atomic mass is 19.1. The van der Waals surface area contributed by atoms with Crippen LogP contribution in [0.1, 0.15) is 0 Å². The predicted molar refractivity (Wildman–Crippen MR) is 179 cm³/mol. The minimum absolute atomic E-state index is 0.234. The van der Waals surface area contributed by atoms with Crippen LogP contribution in [-0.4, -0.2) is 0 Å². The lowest BCUT2D eigenvalue weighted by Gasteiger charge is -2.29. The van der Waals surface area contributed by atoms with Gasteiger partial charge in [-0.05, 0) is 71.4 Å². The lowest BCUT2D eigenvalue weighted by atomic mass is 9.91. The maximum absolute atomic E-state index is 16.2. The lowest BCUT2D eigenvalue weighted by Crippen LogP contribution is -2.11. The SMILES string of the molecule is Fc1cc(N(c2ccccc2)c2ccccc2)c2ccc3ccc(N(c4ccccc4)c4ccccc4)c4ccc1c2c34. The van der Waals surface area contributed by atoms with Crippen LogP contribution in [0.25, 0.3) is 32.3 Å². The van der Waals surface area contributed by atoms with Gasteiger partial charge in [0.05, 0.1) is 11.4 Å². The number of hydrogen-bond acceptors (Lipinski definition) is 2. The maximum atomic E-state index is 16.2. The Hall–Kier alpha value is -5.67. The van der Waals surface area contributed by atoms with E-state index in [1.807, 2.05) is 54.6 Å². The fourth-order valence-electron chi connectivity index (χ4n) is 6.36. The molecule has 0 aliphatic heterocycles. The van der Waals surface area contributed by atoms with Crippen molar-refractivity contribution in [3.63, 3.8) is 0 Å². The third kappa shape index (κ3) is 4.17. The maximum Gasteiger partial charge on any atom is 0.133 e. The summed E-state index contributed by atoms with van der Waals surface area (Å²) in [5, 5.41) is 5.79. The van der Waals surface area contributed by atoms with E-state index in [0.717, 1.165) is 61.1 Å². The van der Waals surface area contributed by atoms with Crippen LogP contribution in [0.3, 0.4) is 0 Å². The number of benzene rings is 8. The molecule has 43 heavy (non-hydrogen) atoms. The van der Waals surface area contributed by atoms with Gasteiger partial charge in [0.15, 0.2) is 0 Å². The Balaban J connectivity index is 1.44. The highest BCUT2D eigenvalue weighted by Crippen LogP contribution is 2.47. The van der Waals surface area contributed by atoms with E-state index in [1.165, 1.54) is 0 Å². The number of nitrogens with zero attached hydrogens (tertiary/aromatic N) is 2. The number of halogens is 1. The smallest absolute Gasteiger partial charge is 0.133 e. The van der Waals surface area contributed by atoms with E-state index in [-0.39, 0.29) is 5.82 Å². The van der Waals surface area contributed by atoms with E-state index in [2.05, 4.69) is 113 Å². The largest absolute Gasteiger partial charge is 0.310 e. The first-order chi connectivity index (χ1) is 21.3. The van der Waals surface area contributed by atoms with Gasteiger partial charge < -0.3 is 9.80 Å². The van der Waals surface area contributed by atoms with Crippen molar-refractivity contribution in [3.05, 3.63) is 170 Å². The van der Waals surface area contributed by atoms with Crippen LogP contribution in [0.15, 0.2) is 164 Å². The van der Waals surface area contributed by atoms with Crippen LogP contribution in [0.5, 0.6) is 0 Å². The van der Waals surface area contributed by atoms with Gasteiger partial charge in [-0.2, -0.15) is 0 Å². The molecule has 0 aromatic heterocycles. The number of rotatable bonds is 6. The second-order valence-electron chi connectivity index (χ2n) is 10.7. The van der Waals surface area contributed by atoms with Crippen molar-refractivity contribution in [2.24, 2.45) is 0 Å². The molecule has 0 heterocycles. The van der Waals surface area contributed by atoms with Gasteiger partial charge in [0.2, 0.25) is 0 Å². The Bertz CT molecular complexity index is 2100. The van der Waals surface area contributed by atoms with Crippen molar-refractivity contribution >= 4 is 66.4 Å². The van der Waals surface area contributed by atoms with Crippen molar-refractivity contribution in [1.29, 1.82) is 0 Å². The van der Waals surface area contributed by atoms with Gasteiger partial charge in [0.25, 0.3) is 0 Å². The molecule has 0 aliphatic rings. The summed E-state index contributed by atoms with van der Waals surface area (Å²) in [6.45, 7) is 0. The Kier molecular flexibility index (Phi) is 6.01. The number of para-hydroxylation sites is 4. The Labute approximate surface area is 249 Å². The molecule has 8 rings (SSSR count). The quantitative estimate of drug-likeness (QED) is 0.189. The van der Waals surface area contributed by atoms with E-state index in [0.29, 0.717) is 5.39 Å². The Morgan fingerprint density at radius 2 is 0.744 bits per heavy atom. The summed E-state index contributed by atoms with van der Waals surface area (Å²) in [4.78, 5) is 4.43. The first kappa shape index (κ1) is 25.1. The molecule has 8 aromatic rings. The molecule has 0 atom stereocenters. The fraction of sp³-hybridized carbons (Fsp3) is 0. The second kappa shape index (κ2) is 10.3. The minimum Gasteiger partial charge on any atom is -0.310 e. The molecule has 0 spiro atoms. The van der Waals surface area contributed by atoms with Crippen molar-refractivity contribution < 1.29 is 4.39 Å². The number of anilines is 6. The Morgan fingerprint density at radius 1 is 0.349 bits per heavy atom. The van der Waals surface area contributed by atoms with E-state index >= 15 is 4.39 Å². The standard InChI is InChI=1S/C40H27FN2/c41-36-27-38(43(31-17-9-3-10-18-31)32-19-11-4-12-20-32)35-23-21-28-22-26-37(34-25-24-33(36)40(35)39(28)34)42(29-13-5-1-6-14-29)30-15-7-2-8-16-30/h1-27H. The summed E-state index contributed by atoms with van der Waals surface area (Å²) in [5.41, 5.74) is 5.94. The summed E-state index contributed by atoms with van der Waals surface area (Å²) in [6, 6.07) is 55.5. The molecule has 0 fully saturated rings. The van der Waals surface area contributed by atoms with Crippen molar-refractivity contribution in [2.75, 3.05) is 9.80 Å². The van der Waals surface area contributed by atoms with Gasteiger partial charge in [-0.3, -0.25) is 0 Å². The van der Waals surface area contributed by atoms with E-state index in [4.69, 9.17) is 0 Å². The molecule has 0 saturated carbocycles. The average molecular weight is 555 g/mol. The average Bonchev–Trinajstić information content (AvgIpc) is 3.07. The molecule has 0 amide bonds. The highest BCUT2D eigenvalue weighted by Gasteiger charge is 2.23. The van der Waals surface area contributed by atoms with Crippen molar-refractivity contribution in [1.82, 2.24) is 0 Å². The summed E-state index contributed by atoms with van der Waals surface area (Å²) in [6.07, 6.45) is 0. The summed E-state index contributed by atoms with van der Waals surface area (Å²) in [7, 11) is 0. The molecule has 3 heteroatoms. The van der Waals surface area contributed by atoms with E-state index in [9.17, 15) is 0 Å². The van der Waals surface area contributed by atoms with Gasteiger partial charge >= 0.3 is 0 Å². The molecule has 8 aromatic carbocycles. The van der Waals surface area contributed by atoms with Crippen LogP contribution in [0.4, 0.5) is 38.5 Å². The zero-order chi connectivity index (χ0) is 28.8.